The van der Waals surface area contributed by atoms with Crippen molar-refractivity contribution in [1.29, 1.82) is 0 Å². The fourth-order valence-electron chi connectivity index (χ4n) is 2.51. The second kappa shape index (κ2) is 7.79. The largest absolute Gasteiger partial charge is 0.478 e. The summed E-state index contributed by atoms with van der Waals surface area (Å²) >= 11 is 7.04. The van der Waals surface area contributed by atoms with E-state index in [4.69, 9.17) is 11.6 Å². The number of amides is 1. The summed E-state index contributed by atoms with van der Waals surface area (Å²) in [6, 6.07) is 7.88. The summed E-state index contributed by atoms with van der Waals surface area (Å²) in [5.41, 5.74) is 0.578. The molecule has 2 heterocycles. The molecule has 0 saturated heterocycles. The molecule has 142 valence electrons. The zero-order valence-electron chi connectivity index (χ0n) is 14.3. The first-order valence-electron chi connectivity index (χ1n) is 7.80. The predicted molar refractivity (Wildman–Crippen MR) is 108 cm³/mol. The first-order chi connectivity index (χ1) is 13.3. The number of nitrogens with zero attached hydrogens (tertiary/aromatic N) is 2. The maximum Gasteiger partial charge on any atom is 0.339 e. The number of thiophene rings is 1. The van der Waals surface area contributed by atoms with E-state index in [0.717, 1.165) is 16.0 Å². The van der Waals surface area contributed by atoms with E-state index >= 15 is 0 Å². The lowest BCUT2D eigenvalue weighted by Gasteiger charge is -2.05. The summed E-state index contributed by atoms with van der Waals surface area (Å²) in [5, 5.41) is 18.1. The Labute approximate surface area is 168 Å². The molecule has 1 aromatic carbocycles. The van der Waals surface area contributed by atoms with Gasteiger partial charge in [0.25, 0.3) is 5.91 Å². The first kappa shape index (κ1) is 19.5. The highest BCUT2D eigenvalue weighted by atomic mass is 35.5. The molecule has 0 atom stereocenters. The third-order valence-electron chi connectivity index (χ3n) is 3.78. The Morgan fingerprint density at radius 1 is 1.32 bits per heavy atom. The van der Waals surface area contributed by atoms with E-state index in [1.165, 1.54) is 17.6 Å². The predicted octanol–water partition coefficient (Wildman–Crippen LogP) is 5.26. The molecule has 0 radical (unpaired) electrons. The first-order valence-corrected chi connectivity index (χ1v) is 9.06. The topological polar surface area (TPSA) is 84.2 Å². The van der Waals surface area contributed by atoms with Crippen LogP contribution in [-0.2, 0) is 0 Å². The van der Waals surface area contributed by atoms with Crippen LogP contribution in [-0.4, -0.2) is 26.8 Å². The van der Waals surface area contributed by atoms with Crippen molar-refractivity contribution >= 4 is 52.5 Å². The molecule has 1 amide bonds. The van der Waals surface area contributed by atoms with Crippen LogP contribution < -0.4 is 5.32 Å². The average Bonchev–Trinajstić information content (AvgIpc) is 3.26. The number of rotatable bonds is 6. The lowest BCUT2D eigenvalue weighted by atomic mass is 10.1. The van der Waals surface area contributed by atoms with E-state index in [1.807, 2.05) is 0 Å². The number of aromatic nitrogens is 2. The molecule has 3 rings (SSSR count). The van der Waals surface area contributed by atoms with Gasteiger partial charge in [-0.05, 0) is 23.8 Å². The molecule has 0 spiro atoms. The molecular formula is C19H13ClFN3O3S. The van der Waals surface area contributed by atoms with E-state index in [-0.39, 0.29) is 22.6 Å². The second-order valence-electron chi connectivity index (χ2n) is 5.57. The lowest BCUT2D eigenvalue weighted by Crippen LogP contribution is -2.14. The van der Waals surface area contributed by atoms with Gasteiger partial charge in [0, 0.05) is 16.6 Å². The fraction of sp³-hybridized carbons (Fsp3) is 0. The Morgan fingerprint density at radius 2 is 2.00 bits per heavy atom. The van der Waals surface area contributed by atoms with Gasteiger partial charge >= 0.3 is 5.97 Å². The van der Waals surface area contributed by atoms with E-state index in [0.29, 0.717) is 15.5 Å². The van der Waals surface area contributed by atoms with Gasteiger partial charge in [-0.3, -0.25) is 4.79 Å². The number of carbonyl (C=O) groups is 2. The van der Waals surface area contributed by atoms with Crippen LogP contribution in [0.5, 0.6) is 0 Å². The van der Waals surface area contributed by atoms with Crippen molar-refractivity contribution in [2.75, 3.05) is 5.32 Å². The van der Waals surface area contributed by atoms with E-state index < -0.39 is 17.7 Å². The molecule has 3 aromatic rings. The molecule has 6 nitrogen and oxygen atoms in total. The highest BCUT2D eigenvalue weighted by Gasteiger charge is 2.23. The van der Waals surface area contributed by atoms with Crippen molar-refractivity contribution in [2.24, 2.45) is 0 Å². The summed E-state index contributed by atoms with van der Waals surface area (Å²) < 4.78 is 14.5. The molecule has 2 N–H and O–H groups in total. The smallest absolute Gasteiger partial charge is 0.339 e. The molecule has 0 unspecified atom stereocenters. The fourth-order valence-corrected chi connectivity index (χ4v) is 3.64. The molecule has 0 fully saturated rings. The van der Waals surface area contributed by atoms with Crippen molar-refractivity contribution in [2.45, 2.75) is 0 Å². The monoisotopic (exact) mass is 417 g/mol. The highest BCUT2D eigenvalue weighted by Crippen LogP contribution is 2.36. The molecule has 0 saturated carbocycles. The zero-order chi connectivity index (χ0) is 20.4. The second-order valence-corrected chi connectivity index (χ2v) is 6.88. The minimum atomic E-state index is -1.20. The van der Waals surface area contributed by atoms with Crippen LogP contribution in [0.2, 0.25) is 5.02 Å². The maximum absolute atomic E-state index is 13.5. The van der Waals surface area contributed by atoms with E-state index in [2.05, 4.69) is 23.6 Å². The Hall–Kier alpha value is -3.23. The summed E-state index contributed by atoms with van der Waals surface area (Å²) in [7, 11) is 0. The van der Waals surface area contributed by atoms with Gasteiger partial charge in [-0.2, -0.15) is 5.10 Å². The highest BCUT2D eigenvalue weighted by molar-refractivity contribution is 7.14. The Balaban J connectivity index is 1.95. The van der Waals surface area contributed by atoms with Crippen molar-refractivity contribution in [1.82, 2.24) is 9.78 Å². The molecule has 0 bridgehead atoms. The third kappa shape index (κ3) is 3.73. The Bertz CT molecular complexity index is 1100. The van der Waals surface area contributed by atoms with Gasteiger partial charge in [-0.15, -0.1) is 11.3 Å². The van der Waals surface area contributed by atoms with Gasteiger partial charge < -0.3 is 10.4 Å². The summed E-state index contributed by atoms with van der Waals surface area (Å²) in [6.07, 6.45) is 1.22. The van der Waals surface area contributed by atoms with E-state index in [1.54, 1.807) is 24.3 Å². The van der Waals surface area contributed by atoms with Gasteiger partial charge in [-0.25, -0.2) is 13.9 Å². The molecule has 0 aliphatic rings. The van der Waals surface area contributed by atoms with Crippen LogP contribution in [0, 0.1) is 0 Å². The molecular weight excluding hydrogens is 405 g/mol. The average molecular weight is 418 g/mol. The van der Waals surface area contributed by atoms with Crippen LogP contribution in [0.1, 0.15) is 26.5 Å². The number of anilines is 1. The van der Waals surface area contributed by atoms with Crippen molar-refractivity contribution < 1.29 is 19.1 Å². The van der Waals surface area contributed by atoms with Gasteiger partial charge in [-0.1, -0.05) is 36.9 Å². The summed E-state index contributed by atoms with van der Waals surface area (Å²) in [5.74, 6) is -2.67. The van der Waals surface area contributed by atoms with Crippen molar-refractivity contribution in [3.05, 3.63) is 70.8 Å². The zero-order valence-corrected chi connectivity index (χ0v) is 15.9. The number of carbonyl (C=O) groups excluding carboxylic acids is 1. The SMILES string of the molecule is C=Cn1nc(C(=O)Nc2csc(-c3ccc(Cl)cc3)c2C(=O)O)cc1C(=C)F. The quantitative estimate of drug-likeness (QED) is 0.573. The van der Waals surface area contributed by atoms with Gasteiger partial charge in [0.2, 0.25) is 0 Å². The van der Waals surface area contributed by atoms with Gasteiger partial charge in [0.1, 0.15) is 17.1 Å². The van der Waals surface area contributed by atoms with Gasteiger partial charge in [0.15, 0.2) is 5.69 Å². The normalized spacial score (nSPS) is 10.5. The minimum Gasteiger partial charge on any atom is -0.478 e. The number of benzene rings is 1. The number of carboxylic acids is 1. The van der Waals surface area contributed by atoms with Crippen LogP contribution in [0.4, 0.5) is 10.1 Å². The number of aromatic carboxylic acids is 1. The van der Waals surface area contributed by atoms with E-state index in [9.17, 15) is 19.1 Å². The van der Waals surface area contributed by atoms with Gasteiger partial charge in [0.05, 0.1) is 10.6 Å². The molecule has 0 aliphatic carbocycles. The number of nitrogens with one attached hydrogen (secondary N) is 1. The van der Waals surface area contributed by atoms with Crippen LogP contribution in [0.15, 0.2) is 48.9 Å². The third-order valence-corrected chi connectivity index (χ3v) is 5.06. The van der Waals surface area contributed by atoms with Crippen LogP contribution in [0.25, 0.3) is 22.5 Å². The molecule has 28 heavy (non-hydrogen) atoms. The minimum absolute atomic E-state index is 0.0224. The number of hydrogen-bond donors (Lipinski definition) is 2. The van der Waals surface area contributed by atoms with Crippen LogP contribution >= 0.6 is 22.9 Å². The summed E-state index contributed by atoms with van der Waals surface area (Å²) in [4.78, 5) is 24.8. The number of hydrogen-bond acceptors (Lipinski definition) is 4. The van der Waals surface area contributed by atoms with Crippen molar-refractivity contribution in [3.8, 4) is 10.4 Å². The molecule has 0 aliphatic heterocycles. The Kier molecular flexibility index (Phi) is 5.43. The Morgan fingerprint density at radius 3 is 2.54 bits per heavy atom. The number of carboxylic acid groups (broad SMARTS) is 1. The molecule has 2 aromatic heterocycles. The summed E-state index contributed by atoms with van der Waals surface area (Å²) in [6.45, 7) is 6.67. The maximum atomic E-state index is 13.5. The molecule has 9 heteroatoms. The van der Waals surface area contributed by atoms with Crippen molar-refractivity contribution in [3.63, 3.8) is 0 Å². The standard InChI is InChI=1S/C19H13ClFN3O3S/c1-3-24-15(10(2)21)8-13(23-24)18(25)22-14-9-28-17(16(14)19(26)27)11-4-6-12(20)7-5-11/h3-9H,1-2H2,(H,22,25)(H,26,27). The van der Waals surface area contributed by atoms with Crippen LogP contribution in [0.3, 0.4) is 0 Å². The number of halogens is 2. The lowest BCUT2D eigenvalue weighted by molar-refractivity contribution is 0.0699.